The van der Waals surface area contributed by atoms with Gasteiger partial charge in [-0.05, 0) is 42.9 Å². The van der Waals surface area contributed by atoms with Crippen molar-refractivity contribution in [3.05, 3.63) is 28.5 Å². The first-order valence-electron chi connectivity index (χ1n) is 4.99. The van der Waals surface area contributed by atoms with Crippen molar-refractivity contribution in [2.75, 3.05) is 0 Å². The summed E-state index contributed by atoms with van der Waals surface area (Å²) in [4.78, 5) is 4.13. The molecule has 0 unspecified atom stereocenters. The monoisotopic (exact) mass is 195 g/mol. The summed E-state index contributed by atoms with van der Waals surface area (Å²) >= 11 is 5.86. The van der Waals surface area contributed by atoms with E-state index in [-0.39, 0.29) is 0 Å². The van der Waals surface area contributed by atoms with Gasteiger partial charge in [0.15, 0.2) is 0 Å². The molecule has 1 aromatic rings. The van der Waals surface area contributed by atoms with Crippen molar-refractivity contribution in [2.45, 2.75) is 38.5 Å². The van der Waals surface area contributed by atoms with Crippen LogP contribution in [0.5, 0.6) is 0 Å². The average Bonchev–Trinajstić information content (AvgIpc) is 2.08. The summed E-state index contributed by atoms with van der Waals surface area (Å²) in [6.07, 6.45) is 9.63. The highest BCUT2D eigenvalue weighted by Gasteiger charge is 2.07. The first-order chi connectivity index (χ1) is 6.36. The Labute approximate surface area is 84.1 Å². The van der Waals surface area contributed by atoms with E-state index >= 15 is 0 Å². The van der Waals surface area contributed by atoms with Crippen LogP contribution in [-0.2, 0) is 12.8 Å². The molecule has 70 valence electrons. The van der Waals surface area contributed by atoms with Crippen LogP contribution in [0.1, 0.15) is 36.8 Å². The lowest BCUT2D eigenvalue weighted by molar-refractivity contribution is 0.615. The van der Waals surface area contributed by atoms with Gasteiger partial charge in [-0.15, -0.1) is 0 Å². The summed E-state index contributed by atoms with van der Waals surface area (Å²) < 4.78 is 0. The van der Waals surface area contributed by atoms with E-state index in [9.17, 15) is 0 Å². The van der Waals surface area contributed by atoms with Crippen molar-refractivity contribution >= 4 is 11.6 Å². The lowest BCUT2D eigenvalue weighted by atomic mass is 9.95. The molecule has 0 aromatic carbocycles. The SMILES string of the molecule is Clc1cc2c(cn1)CCCCCC2. The Bertz CT molecular complexity index is 296. The Balaban J connectivity index is 2.28. The van der Waals surface area contributed by atoms with Crippen molar-refractivity contribution in [3.8, 4) is 0 Å². The highest BCUT2D eigenvalue weighted by atomic mass is 35.5. The molecule has 1 aliphatic carbocycles. The second-order valence-electron chi connectivity index (χ2n) is 3.69. The van der Waals surface area contributed by atoms with E-state index in [1.807, 2.05) is 12.3 Å². The van der Waals surface area contributed by atoms with E-state index in [0.717, 1.165) is 0 Å². The molecule has 0 atom stereocenters. The van der Waals surface area contributed by atoms with Gasteiger partial charge in [0, 0.05) is 6.20 Å². The average molecular weight is 196 g/mol. The van der Waals surface area contributed by atoms with Crippen LogP contribution in [0.3, 0.4) is 0 Å². The molecule has 0 spiro atoms. The van der Waals surface area contributed by atoms with Gasteiger partial charge >= 0.3 is 0 Å². The third-order valence-electron chi connectivity index (χ3n) is 2.69. The van der Waals surface area contributed by atoms with Crippen LogP contribution in [0, 0.1) is 0 Å². The second kappa shape index (κ2) is 4.10. The number of nitrogens with zero attached hydrogens (tertiary/aromatic N) is 1. The first-order valence-corrected chi connectivity index (χ1v) is 5.37. The smallest absolute Gasteiger partial charge is 0.129 e. The Morgan fingerprint density at radius 2 is 1.69 bits per heavy atom. The summed E-state index contributed by atoms with van der Waals surface area (Å²) in [5.74, 6) is 0. The minimum absolute atomic E-state index is 0.638. The van der Waals surface area contributed by atoms with Crippen molar-refractivity contribution in [3.63, 3.8) is 0 Å². The molecule has 0 fully saturated rings. The standard InChI is InChI=1S/C11H14ClN/c12-11-7-9-5-3-1-2-4-6-10(9)8-13-11/h7-8H,1-6H2. The fourth-order valence-corrected chi connectivity index (χ4v) is 2.12. The van der Waals surface area contributed by atoms with E-state index in [0.29, 0.717) is 5.15 Å². The molecule has 0 aliphatic heterocycles. The number of aryl methyl sites for hydroxylation is 2. The van der Waals surface area contributed by atoms with Crippen LogP contribution in [0.25, 0.3) is 0 Å². The molecule has 0 N–H and O–H groups in total. The quantitative estimate of drug-likeness (QED) is 0.579. The zero-order valence-electron chi connectivity index (χ0n) is 7.72. The van der Waals surface area contributed by atoms with Gasteiger partial charge in [-0.1, -0.05) is 24.4 Å². The number of rotatable bonds is 0. The fourth-order valence-electron chi connectivity index (χ4n) is 1.94. The third-order valence-corrected chi connectivity index (χ3v) is 2.90. The van der Waals surface area contributed by atoms with E-state index < -0.39 is 0 Å². The molecule has 0 bridgehead atoms. The largest absolute Gasteiger partial charge is 0.244 e. The highest BCUT2D eigenvalue weighted by Crippen LogP contribution is 2.21. The van der Waals surface area contributed by atoms with Crippen LogP contribution in [-0.4, -0.2) is 4.98 Å². The van der Waals surface area contributed by atoms with E-state index in [1.54, 1.807) is 0 Å². The normalized spacial score (nSPS) is 17.3. The molecule has 1 nitrogen and oxygen atoms in total. The second-order valence-corrected chi connectivity index (χ2v) is 4.08. The number of hydrogen-bond acceptors (Lipinski definition) is 1. The number of halogens is 1. The molecule has 1 aliphatic rings. The van der Waals surface area contributed by atoms with Crippen molar-refractivity contribution in [2.24, 2.45) is 0 Å². The topological polar surface area (TPSA) is 12.9 Å². The van der Waals surface area contributed by atoms with Crippen LogP contribution in [0.2, 0.25) is 5.15 Å². The minimum Gasteiger partial charge on any atom is -0.244 e. The molecule has 13 heavy (non-hydrogen) atoms. The summed E-state index contributed by atoms with van der Waals surface area (Å²) in [6, 6.07) is 2.03. The van der Waals surface area contributed by atoms with Gasteiger partial charge < -0.3 is 0 Å². The lowest BCUT2D eigenvalue weighted by Crippen LogP contribution is -2.00. The summed E-state index contributed by atoms with van der Waals surface area (Å²) in [5.41, 5.74) is 2.82. The van der Waals surface area contributed by atoms with Gasteiger partial charge in [-0.2, -0.15) is 0 Å². The van der Waals surface area contributed by atoms with Crippen molar-refractivity contribution in [1.82, 2.24) is 4.98 Å². The van der Waals surface area contributed by atoms with Crippen molar-refractivity contribution in [1.29, 1.82) is 0 Å². The zero-order chi connectivity index (χ0) is 9.10. The summed E-state index contributed by atoms with van der Waals surface area (Å²) in [5, 5.41) is 0.638. The van der Waals surface area contributed by atoms with Crippen molar-refractivity contribution < 1.29 is 0 Å². The maximum Gasteiger partial charge on any atom is 0.129 e. The number of aromatic nitrogens is 1. The molecule has 0 amide bonds. The third kappa shape index (κ3) is 2.22. The lowest BCUT2D eigenvalue weighted by Gasteiger charge is -2.12. The first kappa shape index (κ1) is 9.01. The Morgan fingerprint density at radius 3 is 2.46 bits per heavy atom. The molecule has 1 aromatic heterocycles. The van der Waals surface area contributed by atoms with Crippen LogP contribution < -0.4 is 0 Å². The maximum absolute atomic E-state index is 5.86. The fraction of sp³-hybridized carbons (Fsp3) is 0.545. The molecule has 0 saturated heterocycles. The Morgan fingerprint density at radius 1 is 1.00 bits per heavy atom. The van der Waals surface area contributed by atoms with Crippen LogP contribution in [0.4, 0.5) is 0 Å². The van der Waals surface area contributed by atoms with Gasteiger partial charge in [0.2, 0.25) is 0 Å². The van der Waals surface area contributed by atoms with Gasteiger partial charge in [0.05, 0.1) is 0 Å². The zero-order valence-corrected chi connectivity index (χ0v) is 8.48. The Kier molecular flexibility index (Phi) is 2.84. The maximum atomic E-state index is 5.86. The highest BCUT2D eigenvalue weighted by molar-refractivity contribution is 6.29. The van der Waals surface area contributed by atoms with Gasteiger partial charge in [-0.3, -0.25) is 0 Å². The van der Waals surface area contributed by atoms with E-state index in [4.69, 9.17) is 11.6 Å². The summed E-state index contributed by atoms with van der Waals surface area (Å²) in [7, 11) is 0. The molecular formula is C11H14ClN. The van der Waals surface area contributed by atoms with Gasteiger partial charge in [0.25, 0.3) is 0 Å². The predicted octanol–water partition coefficient (Wildman–Crippen LogP) is 3.39. The molecule has 2 heteroatoms. The molecule has 2 rings (SSSR count). The molecule has 0 radical (unpaired) electrons. The number of hydrogen-bond donors (Lipinski definition) is 0. The van der Waals surface area contributed by atoms with E-state index in [1.165, 1.54) is 49.7 Å². The predicted molar refractivity (Wildman–Crippen MR) is 55.1 cm³/mol. The van der Waals surface area contributed by atoms with Crippen LogP contribution in [0.15, 0.2) is 12.3 Å². The van der Waals surface area contributed by atoms with Gasteiger partial charge in [0.1, 0.15) is 5.15 Å². The van der Waals surface area contributed by atoms with Crippen LogP contribution >= 0.6 is 11.6 Å². The number of pyridine rings is 1. The number of fused-ring (bicyclic) bond motifs is 1. The molecule has 0 saturated carbocycles. The van der Waals surface area contributed by atoms with E-state index in [2.05, 4.69) is 4.98 Å². The summed E-state index contributed by atoms with van der Waals surface area (Å²) in [6.45, 7) is 0. The minimum atomic E-state index is 0.638. The van der Waals surface area contributed by atoms with Gasteiger partial charge in [-0.25, -0.2) is 4.98 Å². The molecule has 1 heterocycles. The molecular weight excluding hydrogens is 182 g/mol. The Hall–Kier alpha value is -0.560.